The van der Waals surface area contributed by atoms with Gasteiger partial charge in [0.1, 0.15) is 11.6 Å². The van der Waals surface area contributed by atoms with Crippen molar-refractivity contribution in [1.82, 2.24) is 15.3 Å². The molecule has 0 unspecified atom stereocenters. The summed E-state index contributed by atoms with van der Waals surface area (Å²) in [7, 11) is 0. The Labute approximate surface area is 237 Å². The number of benzene rings is 1. The third kappa shape index (κ3) is 6.69. The van der Waals surface area contributed by atoms with Crippen LogP contribution in [0.15, 0.2) is 30.3 Å². The number of morpholine rings is 1. The summed E-state index contributed by atoms with van der Waals surface area (Å²) >= 11 is 12.0. The second kappa shape index (κ2) is 12.3. The van der Waals surface area contributed by atoms with E-state index in [1.165, 1.54) is 31.2 Å². The van der Waals surface area contributed by atoms with Crippen LogP contribution in [0.2, 0.25) is 5.02 Å². The van der Waals surface area contributed by atoms with E-state index in [4.69, 9.17) is 38.5 Å². The molecule has 1 saturated carbocycles. The van der Waals surface area contributed by atoms with Gasteiger partial charge >= 0.3 is 0 Å². The van der Waals surface area contributed by atoms with Crippen molar-refractivity contribution in [2.75, 3.05) is 61.1 Å². The van der Waals surface area contributed by atoms with E-state index in [1.807, 2.05) is 12.1 Å². The van der Waals surface area contributed by atoms with E-state index in [0.29, 0.717) is 36.1 Å². The lowest BCUT2D eigenvalue weighted by Crippen LogP contribution is -2.44. The molecular formula is C29H41ClN6OS. The Hall–Kier alpha value is -2.16. The fourth-order valence-corrected chi connectivity index (χ4v) is 6.73. The predicted molar refractivity (Wildman–Crippen MR) is 161 cm³/mol. The van der Waals surface area contributed by atoms with Crippen molar-refractivity contribution in [1.29, 1.82) is 0 Å². The number of nitrogens with zero attached hydrogens (tertiary/aromatic N) is 4. The van der Waals surface area contributed by atoms with Crippen LogP contribution in [0.5, 0.6) is 0 Å². The largest absolute Gasteiger partial charge is 0.378 e. The summed E-state index contributed by atoms with van der Waals surface area (Å²) in [5, 5.41) is 8.20. The molecular weight excluding hydrogens is 516 g/mol. The number of nitrogens with one attached hydrogen (secondary N) is 2. The van der Waals surface area contributed by atoms with Crippen molar-refractivity contribution in [2.24, 2.45) is 11.8 Å². The van der Waals surface area contributed by atoms with Gasteiger partial charge in [-0.1, -0.05) is 56.8 Å². The molecule has 0 bridgehead atoms. The lowest BCUT2D eigenvalue weighted by molar-refractivity contribution is 0.122. The second-order valence-electron chi connectivity index (χ2n) is 11.5. The van der Waals surface area contributed by atoms with Gasteiger partial charge in [-0.3, -0.25) is 0 Å². The quantitative estimate of drug-likeness (QED) is 0.443. The summed E-state index contributed by atoms with van der Waals surface area (Å²) in [4.78, 5) is 14.5. The van der Waals surface area contributed by atoms with Crippen molar-refractivity contribution in [3.05, 3.63) is 40.9 Å². The zero-order valence-corrected chi connectivity index (χ0v) is 24.3. The number of aromatic nitrogens is 2. The molecule has 5 rings (SSSR count). The molecule has 9 heteroatoms. The minimum Gasteiger partial charge on any atom is -0.378 e. The third-order valence-corrected chi connectivity index (χ3v) is 8.81. The third-order valence-electron chi connectivity index (χ3n) is 8.31. The second-order valence-corrected chi connectivity index (χ2v) is 12.4. The van der Waals surface area contributed by atoms with Crippen LogP contribution in [0.3, 0.4) is 0 Å². The van der Waals surface area contributed by atoms with Crippen LogP contribution in [0.1, 0.15) is 57.9 Å². The number of piperidine rings is 1. The summed E-state index contributed by atoms with van der Waals surface area (Å²) in [5.41, 5.74) is 1.38. The van der Waals surface area contributed by atoms with Gasteiger partial charge < -0.3 is 25.2 Å². The first-order valence-corrected chi connectivity index (χ1v) is 15.0. The summed E-state index contributed by atoms with van der Waals surface area (Å²) in [5.74, 6) is 3.73. The number of rotatable bonds is 6. The van der Waals surface area contributed by atoms with Gasteiger partial charge in [0.15, 0.2) is 5.11 Å². The minimum absolute atomic E-state index is 0.0519. The zero-order valence-electron chi connectivity index (χ0n) is 22.7. The van der Waals surface area contributed by atoms with E-state index >= 15 is 0 Å². The van der Waals surface area contributed by atoms with Gasteiger partial charge in [-0.2, -0.15) is 9.97 Å². The van der Waals surface area contributed by atoms with Crippen LogP contribution in [0, 0.1) is 11.8 Å². The highest BCUT2D eigenvalue weighted by Gasteiger charge is 2.34. The highest BCUT2D eigenvalue weighted by atomic mass is 35.5. The summed E-state index contributed by atoms with van der Waals surface area (Å²) in [6.07, 6.45) is 7.28. The van der Waals surface area contributed by atoms with E-state index in [1.54, 1.807) is 0 Å². The average Bonchev–Trinajstić information content (AvgIpc) is 2.92. The van der Waals surface area contributed by atoms with Crippen LogP contribution in [0.25, 0.3) is 0 Å². The van der Waals surface area contributed by atoms with Crippen molar-refractivity contribution < 1.29 is 4.74 Å². The maximum atomic E-state index is 6.19. The lowest BCUT2D eigenvalue weighted by Gasteiger charge is -2.38. The first kappa shape index (κ1) is 27.4. The topological polar surface area (TPSA) is 65.6 Å². The molecule has 0 amide bonds. The Morgan fingerprint density at radius 1 is 1.00 bits per heavy atom. The molecule has 2 saturated heterocycles. The normalized spacial score (nSPS) is 23.7. The number of ether oxygens (including phenoxy) is 1. The standard InChI is InChI=1S/C29H41ClN6OS/c1-21-16-22(2)19-36(18-21)26-17-25(35-12-14-37-15-13-35)32-27(33-26)34-28(38)31-20-29(10-4-3-5-11-29)23-6-8-24(30)9-7-23/h6-9,17,21-22H,3-5,10-16,18-20H2,1-2H3,(H2,31,32,33,34,38)/t21-,22-/m0/s1. The van der Waals surface area contributed by atoms with Crippen molar-refractivity contribution in [3.8, 4) is 0 Å². The van der Waals surface area contributed by atoms with Gasteiger partial charge in [-0.15, -0.1) is 0 Å². The Kier molecular flexibility index (Phi) is 8.91. The molecule has 0 spiro atoms. The Morgan fingerprint density at radius 3 is 2.29 bits per heavy atom. The van der Waals surface area contributed by atoms with Gasteiger partial charge in [-0.25, -0.2) is 0 Å². The Morgan fingerprint density at radius 2 is 1.63 bits per heavy atom. The van der Waals surface area contributed by atoms with E-state index < -0.39 is 0 Å². The molecule has 1 aromatic carbocycles. The van der Waals surface area contributed by atoms with Crippen molar-refractivity contribution in [2.45, 2.75) is 57.8 Å². The van der Waals surface area contributed by atoms with E-state index in [9.17, 15) is 0 Å². The molecule has 206 valence electrons. The van der Waals surface area contributed by atoms with Gasteiger partial charge in [0.2, 0.25) is 5.95 Å². The number of hydrogen-bond acceptors (Lipinski definition) is 6. The molecule has 3 fully saturated rings. The first-order valence-electron chi connectivity index (χ1n) is 14.2. The minimum atomic E-state index is 0.0519. The highest BCUT2D eigenvalue weighted by molar-refractivity contribution is 7.80. The molecule has 2 atom stereocenters. The SMILES string of the molecule is C[C@H]1C[C@H](C)CN(c2cc(N3CCOCC3)nc(NC(=S)NCC3(c4ccc(Cl)cc4)CCCCC3)n2)C1. The molecule has 1 aliphatic carbocycles. The van der Waals surface area contributed by atoms with Crippen LogP contribution in [-0.4, -0.2) is 61.0 Å². The van der Waals surface area contributed by atoms with E-state index in [2.05, 4.69) is 52.5 Å². The Bertz CT molecular complexity index is 1080. The molecule has 7 nitrogen and oxygen atoms in total. The molecule has 3 aliphatic rings. The number of thiocarbonyl (C=S) groups is 1. The zero-order chi connectivity index (χ0) is 26.5. The number of hydrogen-bond donors (Lipinski definition) is 2. The van der Waals surface area contributed by atoms with E-state index in [-0.39, 0.29) is 5.41 Å². The van der Waals surface area contributed by atoms with Crippen molar-refractivity contribution in [3.63, 3.8) is 0 Å². The maximum Gasteiger partial charge on any atom is 0.232 e. The molecule has 3 heterocycles. The molecule has 2 aromatic rings. The van der Waals surface area contributed by atoms with Crippen molar-refractivity contribution >= 4 is 46.5 Å². The average molecular weight is 557 g/mol. The fraction of sp³-hybridized carbons (Fsp3) is 0.621. The smallest absolute Gasteiger partial charge is 0.232 e. The highest BCUT2D eigenvalue weighted by Crippen LogP contribution is 2.39. The van der Waals surface area contributed by atoms with Gasteiger partial charge in [0.05, 0.1) is 13.2 Å². The molecule has 38 heavy (non-hydrogen) atoms. The number of halogens is 1. The predicted octanol–water partition coefficient (Wildman–Crippen LogP) is 5.64. The Balaban J connectivity index is 1.33. The molecule has 2 aliphatic heterocycles. The summed E-state index contributed by atoms with van der Waals surface area (Å²) < 4.78 is 5.58. The van der Waals surface area contributed by atoms with Crippen LogP contribution >= 0.6 is 23.8 Å². The monoisotopic (exact) mass is 556 g/mol. The van der Waals surface area contributed by atoms with Gasteiger partial charge in [-0.05, 0) is 61.0 Å². The lowest BCUT2D eigenvalue weighted by atomic mass is 9.69. The van der Waals surface area contributed by atoms with Gasteiger partial charge in [0.25, 0.3) is 0 Å². The van der Waals surface area contributed by atoms with Crippen LogP contribution < -0.4 is 20.4 Å². The summed E-state index contributed by atoms with van der Waals surface area (Å²) in [6.45, 7) is 10.5. The fourth-order valence-electron chi connectivity index (χ4n) is 6.44. The van der Waals surface area contributed by atoms with Gasteiger partial charge in [0, 0.05) is 49.2 Å². The van der Waals surface area contributed by atoms with Crippen LogP contribution in [0.4, 0.5) is 17.6 Å². The maximum absolute atomic E-state index is 6.19. The van der Waals surface area contributed by atoms with E-state index in [0.717, 1.165) is 62.2 Å². The first-order chi connectivity index (χ1) is 18.4. The molecule has 0 radical (unpaired) electrons. The molecule has 1 aromatic heterocycles. The van der Waals surface area contributed by atoms with Crippen LogP contribution in [-0.2, 0) is 10.2 Å². The molecule has 2 N–H and O–H groups in total. The summed E-state index contributed by atoms with van der Waals surface area (Å²) in [6, 6.07) is 10.5. The number of anilines is 3.